The average molecular weight is 420 g/mol. The maximum atomic E-state index is 12.7. The largest absolute Gasteiger partial charge is 0.325 e. The maximum Gasteiger partial charge on any atom is 0.241 e. The van der Waals surface area contributed by atoms with Crippen LogP contribution in [0.3, 0.4) is 0 Å². The van der Waals surface area contributed by atoms with Gasteiger partial charge >= 0.3 is 0 Å². The van der Waals surface area contributed by atoms with E-state index in [1.165, 1.54) is 0 Å². The lowest BCUT2D eigenvalue weighted by Crippen LogP contribution is -2.43. The van der Waals surface area contributed by atoms with Crippen LogP contribution in [0.15, 0.2) is 42.5 Å². The van der Waals surface area contributed by atoms with Crippen molar-refractivity contribution in [3.05, 3.63) is 58.1 Å². The average Bonchev–Trinajstić information content (AvgIpc) is 3.12. The summed E-state index contributed by atoms with van der Waals surface area (Å²) < 4.78 is 0. The Morgan fingerprint density at radius 3 is 2.64 bits per heavy atom. The van der Waals surface area contributed by atoms with Crippen LogP contribution in [0.4, 0.5) is 11.4 Å². The number of carbonyl (C=O) groups is 2. The molecule has 0 saturated carbocycles. The number of aryl methyl sites for hydroxylation is 1. The molecule has 0 aliphatic carbocycles. The molecule has 2 amide bonds. The van der Waals surface area contributed by atoms with E-state index >= 15 is 0 Å². The number of nitrogens with zero attached hydrogens (tertiary/aromatic N) is 1. The second-order valence-corrected chi connectivity index (χ2v) is 7.64. The molecule has 5 nitrogen and oxygen atoms in total. The van der Waals surface area contributed by atoms with Gasteiger partial charge in [0.1, 0.15) is 0 Å². The Kier molecular flexibility index (Phi) is 6.94. The number of rotatable bonds is 6. The van der Waals surface area contributed by atoms with Gasteiger partial charge in [-0.3, -0.25) is 14.5 Å². The fraction of sp³-hybridized carbons (Fsp3) is 0.333. The van der Waals surface area contributed by atoms with Crippen molar-refractivity contribution in [2.45, 2.75) is 32.2 Å². The van der Waals surface area contributed by atoms with E-state index in [9.17, 15) is 9.59 Å². The van der Waals surface area contributed by atoms with E-state index in [1.54, 1.807) is 18.2 Å². The quantitative estimate of drug-likeness (QED) is 0.718. The molecule has 1 fully saturated rings. The Labute approximate surface area is 175 Å². The predicted octanol–water partition coefficient (Wildman–Crippen LogP) is 4.60. The normalized spacial score (nSPS) is 16.8. The third kappa shape index (κ3) is 5.04. The van der Waals surface area contributed by atoms with Crippen LogP contribution in [-0.2, 0) is 16.0 Å². The van der Waals surface area contributed by atoms with Gasteiger partial charge in [0.05, 0.1) is 23.3 Å². The van der Waals surface area contributed by atoms with Gasteiger partial charge in [0.25, 0.3) is 0 Å². The molecule has 28 heavy (non-hydrogen) atoms. The monoisotopic (exact) mass is 419 g/mol. The van der Waals surface area contributed by atoms with E-state index < -0.39 is 0 Å². The van der Waals surface area contributed by atoms with E-state index in [0.29, 0.717) is 28.7 Å². The first-order valence-electron chi connectivity index (χ1n) is 9.35. The molecule has 1 atom stereocenters. The Morgan fingerprint density at radius 1 is 1.11 bits per heavy atom. The Balaban J connectivity index is 1.62. The second kappa shape index (κ2) is 9.41. The summed E-state index contributed by atoms with van der Waals surface area (Å²) in [7, 11) is 0. The topological polar surface area (TPSA) is 61.4 Å². The highest BCUT2D eigenvalue weighted by Gasteiger charge is 2.32. The molecule has 1 saturated heterocycles. The molecule has 1 aliphatic heterocycles. The van der Waals surface area contributed by atoms with Gasteiger partial charge in [0.15, 0.2) is 0 Å². The van der Waals surface area contributed by atoms with Gasteiger partial charge in [-0.25, -0.2) is 0 Å². The number of amides is 2. The molecular formula is C21H23Cl2N3O2. The first-order valence-corrected chi connectivity index (χ1v) is 10.1. The zero-order chi connectivity index (χ0) is 20.1. The van der Waals surface area contributed by atoms with Gasteiger partial charge in [-0.2, -0.15) is 0 Å². The molecule has 3 rings (SSSR count). The number of hydrogen-bond donors (Lipinski definition) is 2. The number of para-hydroxylation sites is 1. The van der Waals surface area contributed by atoms with Crippen LogP contribution in [0.2, 0.25) is 10.0 Å². The highest BCUT2D eigenvalue weighted by molar-refractivity contribution is 6.36. The minimum absolute atomic E-state index is 0.120. The Hall–Kier alpha value is -2.08. The predicted molar refractivity (Wildman–Crippen MR) is 114 cm³/mol. The first kappa shape index (κ1) is 20.6. The van der Waals surface area contributed by atoms with Crippen LogP contribution < -0.4 is 10.6 Å². The molecule has 0 bridgehead atoms. The lowest BCUT2D eigenvalue weighted by molar-refractivity contribution is -0.122. The molecular weight excluding hydrogens is 397 g/mol. The van der Waals surface area contributed by atoms with E-state index in [2.05, 4.69) is 10.6 Å². The van der Waals surface area contributed by atoms with Crippen LogP contribution in [0.25, 0.3) is 0 Å². The molecule has 0 radical (unpaired) electrons. The number of carbonyl (C=O) groups excluding carboxylic acids is 2. The summed E-state index contributed by atoms with van der Waals surface area (Å²) in [5.74, 6) is -0.284. The van der Waals surface area contributed by atoms with Crippen molar-refractivity contribution in [2.75, 3.05) is 23.7 Å². The fourth-order valence-electron chi connectivity index (χ4n) is 3.44. The number of nitrogens with one attached hydrogen (secondary N) is 2. The summed E-state index contributed by atoms with van der Waals surface area (Å²) in [6.45, 7) is 2.92. The molecule has 2 N–H and O–H groups in total. The molecule has 1 heterocycles. The molecule has 2 aromatic rings. The summed E-state index contributed by atoms with van der Waals surface area (Å²) in [6, 6.07) is 12.3. The highest BCUT2D eigenvalue weighted by Crippen LogP contribution is 2.27. The van der Waals surface area contributed by atoms with Crippen molar-refractivity contribution in [3.63, 3.8) is 0 Å². The lowest BCUT2D eigenvalue weighted by atomic mass is 10.1. The summed E-state index contributed by atoms with van der Waals surface area (Å²) in [6.07, 6.45) is 2.41. The van der Waals surface area contributed by atoms with E-state index in [0.717, 1.165) is 24.1 Å². The summed E-state index contributed by atoms with van der Waals surface area (Å²) in [5.41, 5.74) is 2.43. The third-order valence-electron chi connectivity index (χ3n) is 4.87. The van der Waals surface area contributed by atoms with Crippen molar-refractivity contribution in [1.29, 1.82) is 0 Å². The van der Waals surface area contributed by atoms with Gasteiger partial charge in [-0.05, 0) is 55.6 Å². The number of hydrogen-bond acceptors (Lipinski definition) is 3. The van der Waals surface area contributed by atoms with Gasteiger partial charge < -0.3 is 10.6 Å². The van der Waals surface area contributed by atoms with Crippen LogP contribution in [0.1, 0.15) is 25.3 Å². The SMILES string of the molecule is CCc1ccccc1NC(=O)CN1CCC[C@H]1C(=O)Nc1ccc(Cl)cc1Cl. The molecule has 1 aliphatic rings. The Morgan fingerprint density at radius 2 is 1.89 bits per heavy atom. The fourth-order valence-corrected chi connectivity index (χ4v) is 3.90. The standard InChI is InChI=1S/C21H23Cl2N3O2/c1-2-14-6-3-4-7-17(14)24-20(27)13-26-11-5-8-19(26)21(28)25-18-10-9-15(22)12-16(18)23/h3-4,6-7,9-10,12,19H,2,5,8,11,13H2,1H3,(H,24,27)(H,25,28)/t19-/m0/s1. The van der Waals surface area contributed by atoms with E-state index in [4.69, 9.17) is 23.2 Å². The zero-order valence-electron chi connectivity index (χ0n) is 15.7. The van der Waals surface area contributed by atoms with Crippen LogP contribution in [0.5, 0.6) is 0 Å². The Bertz CT molecular complexity index is 872. The van der Waals surface area contributed by atoms with Crippen molar-refractivity contribution < 1.29 is 9.59 Å². The molecule has 2 aromatic carbocycles. The van der Waals surface area contributed by atoms with Crippen molar-refractivity contribution in [1.82, 2.24) is 4.90 Å². The number of anilines is 2. The third-order valence-corrected chi connectivity index (χ3v) is 5.42. The van der Waals surface area contributed by atoms with E-state index in [1.807, 2.05) is 36.1 Å². The summed E-state index contributed by atoms with van der Waals surface area (Å²) in [5, 5.41) is 6.71. The molecule has 0 unspecified atom stereocenters. The minimum Gasteiger partial charge on any atom is -0.325 e. The maximum absolute atomic E-state index is 12.7. The number of likely N-dealkylation sites (tertiary alicyclic amines) is 1. The number of benzene rings is 2. The smallest absolute Gasteiger partial charge is 0.241 e. The van der Waals surface area contributed by atoms with E-state index in [-0.39, 0.29) is 24.4 Å². The van der Waals surface area contributed by atoms with Crippen LogP contribution in [0, 0.1) is 0 Å². The highest BCUT2D eigenvalue weighted by atomic mass is 35.5. The molecule has 0 spiro atoms. The summed E-state index contributed by atoms with van der Waals surface area (Å²) in [4.78, 5) is 27.2. The van der Waals surface area contributed by atoms with Crippen LogP contribution >= 0.6 is 23.2 Å². The lowest BCUT2D eigenvalue weighted by Gasteiger charge is -2.23. The van der Waals surface area contributed by atoms with Gasteiger partial charge in [-0.15, -0.1) is 0 Å². The van der Waals surface area contributed by atoms with Gasteiger partial charge in [0.2, 0.25) is 11.8 Å². The van der Waals surface area contributed by atoms with Crippen molar-refractivity contribution >= 4 is 46.4 Å². The van der Waals surface area contributed by atoms with Crippen molar-refractivity contribution in [3.8, 4) is 0 Å². The molecule has 0 aromatic heterocycles. The van der Waals surface area contributed by atoms with Gasteiger partial charge in [-0.1, -0.05) is 48.3 Å². The number of halogens is 2. The molecule has 7 heteroatoms. The zero-order valence-corrected chi connectivity index (χ0v) is 17.2. The second-order valence-electron chi connectivity index (χ2n) is 6.80. The first-order chi connectivity index (χ1) is 13.5. The van der Waals surface area contributed by atoms with Gasteiger partial charge in [0, 0.05) is 10.7 Å². The molecule has 148 valence electrons. The minimum atomic E-state index is -0.362. The summed E-state index contributed by atoms with van der Waals surface area (Å²) >= 11 is 12.0. The van der Waals surface area contributed by atoms with Crippen LogP contribution in [-0.4, -0.2) is 35.8 Å². The van der Waals surface area contributed by atoms with Crippen molar-refractivity contribution in [2.24, 2.45) is 0 Å².